The minimum atomic E-state index is -0.920. The number of H-pyrrole nitrogens is 1. The van der Waals surface area contributed by atoms with E-state index in [-0.39, 0.29) is 37.9 Å². The molecule has 44 heavy (non-hydrogen) atoms. The number of carbonyl (C=O) groups excluding carboxylic acids is 2. The molecule has 11 heteroatoms. The lowest BCUT2D eigenvalue weighted by atomic mass is 9.95. The Morgan fingerprint density at radius 1 is 0.932 bits per heavy atom. The van der Waals surface area contributed by atoms with Crippen LogP contribution < -0.4 is 16.0 Å². The van der Waals surface area contributed by atoms with E-state index in [4.69, 9.17) is 5.11 Å². The summed E-state index contributed by atoms with van der Waals surface area (Å²) in [7, 11) is 0. The molecule has 0 bridgehead atoms. The predicted molar refractivity (Wildman–Crippen MR) is 168 cm³/mol. The van der Waals surface area contributed by atoms with E-state index in [1.54, 1.807) is 0 Å². The molecule has 0 saturated heterocycles. The van der Waals surface area contributed by atoms with E-state index < -0.39 is 17.7 Å². The van der Waals surface area contributed by atoms with E-state index in [2.05, 4.69) is 36.6 Å². The lowest BCUT2D eigenvalue weighted by Crippen LogP contribution is -2.51. The molecule has 1 aromatic heterocycles. The summed E-state index contributed by atoms with van der Waals surface area (Å²) >= 11 is 0. The van der Waals surface area contributed by atoms with Crippen molar-refractivity contribution >= 4 is 11.8 Å². The molecule has 0 unspecified atom stereocenters. The molecule has 11 nitrogen and oxygen atoms in total. The second-order valence-electron chi connectivity index (χ2n) is 11.4. The van der Waals surface area contributed by atoms with Crippen molar-refractivity contribution in [3.05, 3.63) is 90.0 Å². The van der Waals surface area contributed by atoms with Gasteiger partial charge in [-0.25, -0.2) is 0 Å². The summed E-state index contributed by atoms with van der Waals surface area (Å²) < 4.78 is 0. The van der Waals surface area contributed by atoms with Crippen molar-refractivity contribution in [2.75, 3.05) is 13.2 Å². The Morgan fingerprint density at radius 2 is 1.61 bits per heavy atom. The van der Waals surface area contributed by atoms with Crippen LogP contribution in [0.3, 0.4) is 0 Å². The topological polar surface area (TPSA) is 165 Å². The van der Waals surface area contributed by atoms with Crippen LogP contribution in [-0.2, 0) is 22.6 Å². The number of rotatable bonds is 16. The minimum absolute atomic E-state index is 0.0866. The molecular weight excluding hydrogens is 558 g/mol. The molecule has 1 heterocycles. The summed E-state index contributed by atoms with van der Waals surface area (Å²) in [5.41, 5.74) is 4.06. The van der Waals surface area contributed by atoms with Gasteiger partial charge in [0.25, 0.3) is 0 Å². The number of aliphatic hydroxyl groups is 2. The Bertz CT molecular complexity index is 1480. The molecule has 0 radical (unpaired) electrons. The number of nitrogens with one attached hydrogen (secondary N) is 4. The second-order valence-corrected chi connectivity index (χ2v) is 11.4. The van der Waals surface area contributed by atoms with Crippen LogP contribution in [0.2, 0.25) is 0 Å². The van der Waals surface area contributed by atoms with Crippen molar-refractivity contribution in [2.24, 2.45) is 0 Å². The average molecular weight is 600 g/mol. The van der Waals surface area contributed by atoms with Crippen LogP contribution in [0.25, 0.3) is 22.5 Å². The summed E-state index contributed by atoms with van der Waals surface area (Å²) in [5.74, 6) is -0.0756. The van der Waals surface area contributed by atoms with Crippen molar-refractivity contribution in [1.29, 1.82) is 0 Å². The first-order valence-corrected chi connectivity index (χ1v) is 14.8. The van der Waals surface area contributed by atoms with Crippen LogP contribution in [0, 0.1) is 0 Å². The molecule has 0 aliphatic rings. The lowest BCUT2D eigenvalue weighted by Gasteiger charge is -2.28. The molecule has 0 aliphatic heterocycles. The van der Waals surface area contributed by atoms with Crippen LogP contribution in [0.5, 0.6) is 0 Å². The van der Waals surface area contributed by atoms with E-state index in [9.17, 15) is 14.7 Å². The highest BCUT2D eigenvalue weighted by Crippen LogP contribution is 2.32. The van der Waals surface area contributed by atoms with Gasteiger partial charge in [0.1, 0.15) is 6.04 Å². The number of hydrogen-bond donors (Lipinski definition) is 6. The SMILES string of the molecule is CC(C)(CC(=O)N[C@H](CCCc1ccccc1)C(=O)NCc1ccccc1-c1ccccc1-c1nn[nH]n1)NC[C@H](O)CO. The first kappa shape index (κ1) is 32.5. The Morgan fingerprint density at radius 3 is 2.32 bits per heavy atom. The largest absolute Gasteiger partial charge is 0.394 e. The van der Waals surface area contributed by atoms with Gasteiger partial charge < -0.3 is 26.2 Å². The van der Waals surface area contributed by atoms with Crippen LogP contribution in [0.4, 0.5) is 0 Å². The van der Waals surface area contributed by atoms with Gasteiger partial charge in [-0.2, -0.15) is 5.21 Å². The quantitative estimate of drug-likeness (QED) is 0.114. The number of carbonyl (C=O) groups is 2. The molecular formula is C33H41N7O4. The predicted octanol–water partition coefficient (Wildman–Crippen LogP) is 2.77. The van der Waals surface area contributed by atoms with Crippen LogP contribution in [0.1, 0.15) is 44.2 Å². The van der Waals surface area contributed by atoms with E-state index in [0.29, 0.717) is 18.7 Å². The van der Waals surface area contributed by atoms with Gasteiger partial charge in [-0.15, -0.1) is 10.2 Å². The summed E-state index contributed by atoms with van der Waals surface area (Å²) in [6.07, 6.45) is 1.12. The summed E-state index contributed by atoms with van der Waals surface area (Å²) in [5, 5.41) is 42.4. The highest BCUT2D eigenvalue weighted by Gasteiger charge is 2.26. The number of nitrogens with zero attached hydrogens (tertiary/aromatic N) is 3. The van der Waals surface area contributed by atoms with Gasteiger partial charge in [-0.05, 0) is 60.6 Å². The maximum Gasteiger partial charge on any atom is 0.242 e. The summed E-state index contributed by atoms with van der Waals surface area (Å²) in [6.45, 7) is 3.71. The monoisotopic (exact) mass is 599 g/mol. The third-order valence-corrected chi connectivity index (χ3v) is 7.36. The Labute approximate surface area is 257 Å². The van der Waals surface area contributed by atoms with E-state index >= 15 is 0 Å². The van der Waals surface area contributed by atoms with Crippen LogP contribution in [0.15, 0.2) is 78.9 Å². The fourth-order valence-electron chi connectivity index (χ4n) is 5.02. The summed E-state index contributed by atoms with van der Waals surface area (Å²) in [6, 6.07) is 24.9. The number of aliphatic hydroxyl groups excluding tert-OH is 2. The molecule has 0 spiro atoms. The maximum absolute atomic E-state index is 13.6. The standard InChI is InChI=1S/C33H41N7O4/c1-33(2,35-21-25(42)22-41)19-30(43)36-29(18-10-13-23-11-4-3-5-12-23)32(44)34-20-24-14-6-7-15-26(24)27-16-8-9-17-28(27)31-37-39-40-38-31/h3-9,11-12,14-17,25,29,35,41-42H,10,13,18-22H2,1-2H3,(H,34,44)(H,36,43)(H,37,38,39,40)/t25-,29+/m0/s1. The smallest absolute Gasteiger partial charge is 0.242 e. The molecule has 2 amide bonds. The Balaban J connectivity index is 1.46. The van der Waals surface area contributed by atoms with Crippen LogP contribution >= 0.6 is 0 Å². The highest BCUT2D eigenvalue weighted by molar-refractivity contribution is 5.88. The maximum atomic E-state index is 13.6. The lowest BCUT2D eigenvalue weighted by molar-refractivity contribution is -0.130. The number of benzene rings is 3. The molecule has 4 rings (SSSR count). The van der Waals surface area contributed by atoms with Gasteiger partial charge in [0.05, 0.1) is 12.7 Å². The number of aromatic nitrogens is 4. The first-order chi connectivity index (χ1) is 21.3. The van der Waals surface area contributed by atoms with E-state index in [1.165, 1.54) is 5.56 Å². The van der Waals surface area contributed by atoms with Gasteiger partial charge in [0.2, 0.25) is 17.6 Å². The van der Waals surface area contributed by atoms with Crippen molar-refractivity contribution in [2.45, 2.75) is 63.8 Å². The van der Waals surface area contributed by atoms with Gasteiger partial charge in [0, 0.05) is 30.6 Å². The Kier molecular flexibility index (Phi) is 11.7. The third-order valence-electron chi connectivity index (χ3n) is 7.36. The zero-order chi connectivity index (χ0) is 31.4. The highest BCUT2D eigenvalue weighted by atomic mass is 16.3. The normalized spacial score (nSPS) is 12.8. The Hall–Kier alpha value is -4.45. The number of aromatic amines is 1. The molecule has 6 N–H and O–H groups in total. The van der Waals surface area contributed by atoms with Gasteiger partial charge in [-0.1, -0.05) is 78.9 Å². The molecule has 232 valence electrons. The molecule has 3 aromatic carbocycles. The van der Waals surface area contributed by atoms with Crippen LogP contribution in [-0.4, -0.2) is 73.5 Å². The molecule has 0 aliphatic carbocycles. The molecule has 4 aromatic rings. The van der Waals surface area contributed by atoms with Gasteiger partial charge >= 0.3 is 0 Å². The third kappa shape index (κ3) is 9.53. The zero-order valence-corrected chi connectivity index (χ0v) is 25.2. The average Bonchev–Trinajstić information content (AvgIpc) is 3.57. The van der Waals surface area contributed by atoms with Crippen molar-refractivity contribution in [1.82, 2.24) is 36.6 Å². The van der Waals surface area contributed by atoms with Crippen molar-refractivity contribution in [3.8, 4) is 22.5 Å². The minimum Gasteiger partial charge on any atom is -0.394 e. The van der Waals surface area contributed by atoms with Gasteiger partial charge in [-0.3, -0.25) is 9.59 Å². The zero-order valence-electron chi connectivity index (χ0n) is 25.2. The first-order valence-electron chi connectivity index (χ1n) is 14.8. The molecule has 0 fully saturated rings. The van der Waals surface area contributed by atoms with E-state index in [0.717, 1.165) is 28.7 Å². The molecule has 0 saturated carbocycles. The number of amides is 2. The number of tetrazole rings is 1. The van der Waals surface area contributed by atoms with Gasteiger partial charge in [0.15, 0.2) is 0 Å². The fourth-order valence-corrected chi connectivity index (χ4v) is 5.02. The fraction of sp³-hybridized carbons (Fsp3) is 0.364. The van der Waals surface area contributed by atoms with Crippen molar-refractivity contribution in [3.63, 3.8) is 0 Å². The number of β-amino-alcohol motifs (C(OH)–C–C–N with tert-alkyl or cyclic N) is 1. The van der Waals surface area contributed by atoms with Crippen molar-refractivity contribution < 1.29 is 19.8 Å². The molecule has 2 atom stereocenters. The number of hydrogen-bond acceptors (Lipinski definition) is 8. The second kappa shape index (κ2) is 15.9. The number of aryl methyl sites for hydroxylation is 1. The summed E-state index contributed by atoms with van der Waals surface area (Å²) in [4.78, 5) is 26.7. The van der Waals surface area contributed by atoms with E-state index in [1.807, 2.05) is 92.7 Å².